The molecule has 9 nitrogen and oxygen atoms in total. The van der Waals surface area contributed by atoms with Gasteiger partial charge in [-0.25, -0.2) is 8.42 Å². The number of benzene rings is 1. The maximum Gasteiger partial charge on any atom is 0.310 e. The molecule has 1 unspecified atom stereocenters. The van der Waals surface area contributed by atoms with Crippen molar-refractivity contribution in [3.8, 4) is 22.9 Å². The van der Waals surface area contributed by atoms with Crippen LogP contribution >= 0.6 is 0 Å². The molecule has 1 aromatic carbocycles. The SMILES string of the molecule is COc1ccc(-c2noc(COC(=O)C3CCS(=O)(=O)C3)n2)c(OC)c1. The second-order valence-electron chi connectivity index (χ2n) is 5.79. The molecular formula is C16H18N2O7S. The molecular weight excluding hydrogens is 364 g/mol. The summed E-state index contributed by atoms with van der Waals surface area (Å²) in [6.45, 7) is -0.221. The van der Waals surface area contributed by atoms with Gasteiger partial charge >= 0.3 is 5.97 Å². The summed E-state index contributed by atoms with van der Waals surface area (Å²) in [6.07, 6.45) is 0.277. The summed E-state index contributed by atoms with van der Waals surface area (Å²) in [5.74, 6) is 0.126. The normalized spacial score (nSPS) is 18.5. The number of carbonyl (C=O) groups is 1. The van der Waals surface area contributed by atoms with Crippen molar-refractivity contribution in [2.45, 2.75) is 13.0 Å². The van der Waals surface area contributed by atoms with E-state index < -0.39 is 21.7 Å². The second kappa shape index (κ2) is 7.32. The van der Waals surface area contributed by atoms with Crippen LogP contribution in [0.5, 0.6) is 11.5 Å². The summed E-state index contributed by atoms with van der Waals surface area (Å²) >= 11 is 0. The van der Waals surface area contributed by atoms with Crippen LogP contribution in [0.25, 0.3) is 11.4 Å². The summed E-state index contributed by atoms with van der Waals surface area (Å²) in [4.78, 5) is 16.1. The van der Waals surface area contributed by atoms with Gasteiger partial charge in [0.05, 0.1) is 37.2 Å². The fraction of sp³-hybridized carbons (Fsp3) is 0.438. The maximum atomic E-state index is 11.9. The Bertz CT molecular complexity index is 907. The van der Waals surface area contributed by atoms with Gasteiger partial charge in [-0.15, -0.1) is 0 Å². The Balaban J connectivity index is 1.66. The Morgan fingerprint density at radius 3 is 2.77 bits per heavy atom. The predicted octanol–water partition coefficient (Wildman–Crippen LogP) is 1.23. The highest BCUT2D eigenvalue weighted by Gasteiger charge is 2.34. The largest absolute Gasteiger partial charge is 0.497 e. The molecule has 1 atom stereocenters. The predicted molar refractivity (Wildman–Crippen MR) is 89.4 cm³/mol. The van der Waals surface area contributed by atoms with Crippen LogP contribution in [0.4, 0.5) is 0 Å². The molecule has 26 heavy (non-hydrogen) atoms. The minimum atomic E-state index is -3.15. The van der Waals surface area contributed by atoms with Gasteiger partial charge in [0, 0.05) is 6.07 Å². The summed E-state index contributed by atoms with van der Waals surface area (Å²) < 4.78 is 43.4. The van der Waals surface area contributed by atoms with Crippen LogP contribution < -0.4 is 9.47 Å². The molecule has 1 aliphatic rings. The molecule has 0 radical (unpaired) electrons. The van der Waals surface area contributed by atoms with Crippen molar-refractivity contribution in [1.29, 1.82) is 0 Å². The van der Waals surface area contributed by atoms with Crippen molar-refractivity contribution in [2.75, 3.05) is 25.7 Å². The topological polar surface area (TPSA) is 118 Å². The van der Waals surface area contributed by atoms with Crippen molar-refractivity contribution in [3.63, 3.8) is 0 Å². The van der Waals surface area contributed by atoms with Crippen LogP contribution in [0.15, 0.2) is 22.7 Å². The molecule has 1 fully saturated rings. The van der Waals surface area contributed by atoms with Crippen LogP contribution in [-0.4, -0.2) is 50.3 Å². The van der Waals surface area contributed by atoms with Gasteiger partial charge in [0.25, 0.3) is 5.89 Å². The van der Waals surface area contributed by atoms with E-state index in [-0.39, 0.29) is 36.2 Å². The number of rotatable bonds is 6. The van der Waals surface area contributed by atoms with E-state index in [1.165, 1.54) is 7.11 Å². The smallest absolute Gasteiger partial charge is 0.310 e. The van der Waals surface area contributed by atoms with Crippen LogP contribution in [0.2, 0.25) is 0 Å². The monoisotopic (exact) mass is 382 g/mol. The number of hydrogen-bond donors (Lipinski definition) is 0. The fourth-order valence-electron chi connectivity index (χ4n) is 2.64. The highest BCUT2D eigenvalue weighted by molar-refractivity contribution is 7.91. The van der Waals surface area contributed by atoms with Crippen LogP contribution in [-0.2, 0) is 26.0 Å². The van der Waals surface area contributed by atoms with E-state index >= 15 is 0 Å². The zero-order chi connectivity index (χ0) is 18.7. The van der Waals surface area contributed by atoms with E-state index in [1.54, 1.807) is 25.3 Å². The average Bonchev–Trinajstić information content (AvgIpc) is 3.25. The lowest BCUT2D eigenvalue weighted by atomic mass is 10.1. The van der Waals surface area contributed by atoms with Crippen LogP contribution in [0.1, 0.15) is 12.3 Å². The molecule has 0 bridgehead atoms. The number of carbonyl (C=O) groups excluding carboxylic acids is 1. The number of ether oxygens (including phenoxy) is 3. The number of methoxy groups -OCH3 is 2. The van der Waals surface area contributed by atoms with Crippen LogP contribution in [0.3, 0.4) is 0 Å². The first kappa shape index (κ1) is 18.2. The van der Waals surface area contributed by atoms with Gasteiger partial charge in [-0.1, -0.05) is 5.16 Å². The zero-order valence-electron chi connectivity index (χ0n) is 14.3. The molecule has 0 amide bonds. The lowest BCUT2D eigenvalue weighted by molar-refractivity contribution is -0.149. The van der Waals surface area contributed by atoms with Crippen molar-refractivity contribution in [2.24, 2.45) is 5.92 Å². The molecule has 1 aromatic heterocycles. The lowest BCUT2D eigenvalue weighted by Gasteiger charge is -2.07. The summed E-state index contributed by atoms with van der Waals surface area (Å²) in [7, 11) is -0.0881. The molecule has 0 spiro atoms. The third-order valence-corrected chi connectivity index (χ3v) is 5.79. The van der Waals surface area contributed by atoms with Crippen LogP contribution in [0, 0.1) is 5.92 Å². The van der Waals surface area contributed by atoms with Crippen molar-refractivity contribution < 1.29 is 31.9 Å². The van der Waals surface area contributed by atoms with Gasteiger partial charge in [0.1, 0.15) is 11.5 Å². The Hall–Kier alpha value is -2.62. The number of aromatic nitrogens is 2. The lowest BCUT2D eigenvalue weighted by Crippen LogP contribution is -2.18. The molecule has 3 rings (SSSR count). The van der Waals surface area contributed by atoms with Gasteiger partial charge in [-0.2, -0.15) is 4.98 Å². The number of hydrogen-bond acceptors (Lipinski definition) is 9. The van der Waals surface area contributed by atoms with Crippen molar-refractivity contribution in [1.82, 2.24) is 10.1 Å². The first-order chi connectivity index (χ1) is 12.4. The quantitative estimate of drug-likeness (QED) is 0.680. The fourth-order valence-corrected chi connectivity index (χ4v) is 4.36. The first-order valence-corrected chi connectivity index (χ1v) is 9.66. The molecule has 0 aliphatic carbocycles. The second-order valence-corrected chi connectivity index (χ2v) is 8.01. The average molecular weight is 382 g/mol. The number of nitrogens with zero attached hydrogens (tertiary/aromatic N) is 2. The standard InChI is InChI=1S/C16H18N2O7S/c1-22-11-3-4-12(13(7-11)23-2)15-17-14(25-18-15)8-24-16(19)10-5-6-26(20,21)9-10/h3-4,7,10H,5-6,8-9H2,1-2H3. The molecule has 2 heterocycles. The zero-order valence-corrected chi connectivity index (χ0v) is 15.1. The maximum absolute atomic E-state index is 11.9. The third kappa shape index (κ3) is 3.96. The van der Waals surface area contributed by atoms with Crippen molar-refractivity contribution in [3.05, 3.63) is 24.1 Å². The van der Waals surface area contributed by atoms with Gasteiger partial charge < -0.3 is 18.7 Å². The van der Waals surface area contributed by atoms with E-state index in [0.29, 0.717) is 17.1 Å². The molecule has 0 N–H and O–H groups in total. The Morgan fingerprint density at radius 2 is 2.12 bits per heavy atom. The number of esters is 1. The first-order valence-electron chi connectivity index (χ1n) is 7.84. The van der Waals surface area contributed by atoms with Gasteiger partial charge in [0.2, 0.25) is 5.82 Å². The highest BCUT2D eigenvalue weighted by Crippen LogP contribution is 2.31. The highest BCUT2D eigenvalue weighted by atomic mass is 32.2. The minimum absolute atomic E-state index is 0.00867. The van der Waals surface area contributed by atoms with E-state index in [1.807, 2.05) is 0 Å². The Kier molecular flexibility index (Phi) is 5.12. The molecule has 2 aromatic rings. The van der Waals surface area contributed by atoms with E-state index in [2.05, 4.69) is 10.1 Å². The molecule has 0 saturated carbocycles. The molecule has 10 heteroatoms. The number of sulfone groups is 1. The third-order valence-electron chi connectivity index (χ3n) is 4.02. The van der Waals surface area contributed by atoms with E-state index in [4.69, 9.17) is 18.7 Å². The minimum Gasteiger partial charge on any atom is -0.497 e. The van der Waals surface area contributed by atoms with Gasteiger partial charge in [0.15, 0.2) is 16.4 Å². The summed E-state index contributed by atoms with van der Waals surface area (Å²) in [5.41, 5.74) is 0.594. The Labute approximate surface area is 150 Å². The van der Waals surface area contributed by atoms with E-state index in [0.717, 1.165) is 0 Å². The van der Waals surface area contributed by atoms with Gasteiger partial charge in [-0.3, -0.25) is 4.79 Å². The van der Waals surface area contributed by atoms with E-state index in [9.17, 15) is 13.2 Å². The molecule has 140 valence electrons. The summed E-state index contributed by atoms with van der Waals surface area (Å²) in [5, 5.41) is 3.85. The van der Waals surface area contributed by atoms with Crippen molar-refractivity contribution >= 4 is 15.8 Å². The Morgan fingerprint density at radius 1 is 1.31 bits per heavy atom. The summed E-state index contributed by atoms with van der Waals surface area (Å²) in [6, 6.07) is 5.14. The van der Waals surface area contributed by atoms with Gasteiger partial charge in [-0.05, 0) is 18.6 Å². The molecule has 1 saturated heterocycles. The molecule has 1 aliphatic heterocycles.